The van der Waals surface area contributed by atoms with Gasteiger partial charge in [0, 0.05) is 13.0 Å². The van der Waals surface area contributed by atoms with E-state index in [1.807, 2.05) is 12.1 Å². The van der Waals surface area contributed by atoms with Gasteiger partial charge in [-0.3, -0.25) is 19.3 Å². The molecule has 1 heterocycles. The van der Waals surface area contributed by atoms with Crippen molar-refractivity contribution in [1.82, 2.24) is 4.90 Å². The first kappa shape index (κ1) is 16.1. The van der Waals surface area contributed by atoms with E-state index in [0.717, 1.165) is 19.3 Å². The standard InChI is InChI=1S/C19H22N2O4/c1-25-14-5-3-2-4-13(14)20-15(22)8-9-21-18(23)16-11-6-7-12(10-11)17(16)19(21)24/h2-5,11-12,16-17H,6-10H2,1H3,(H,20,22)/t11-,12-,16-,17+/m1/s1. The molecule has 1 aromatic rings. The minimum absolute atomic E-state index is 0.0627. The van der Waals surface area contributed by atoms with Gasteiger partial charge in [-0.1, -0.05) is 12.1 Å². The highest BCUT2D eigenvalue weighted by Crippen LogP contribution is 2.56. The van der Waals surface area contributed by atoms with Crippen molar-refractivity contribution >= 4 is 23.4 Å². The van der Waals surface area contributed by atoms with E-state index in [1.165, 1.54) is 4.90 Å². The summed E-state index contributed by atoms with van der Waals surface area (Å²) in [6, 6.07) is 7.15. The van der Waals surface area contributed by atoms with E-state index in [9.17, 15) is 14.4 Å². The van der Waals surface area contributed by atoms with Crippen molar-refractivity contribution in [2.45, 2.75) is 25.7 Å². The molecule has 0 unspecified atom stereocenters. The molecule has 1 aromatic carbocycles. The molecule has 0 aromatic heterocycles. The van der Waals surface area contributed by atoms with Gasteiger partial charge in [-0.2, -0.15) is 0 Å². The van der Waals surface area contributed by atoms with Crippen molar-refractivity contribution in [3.8, 4) is 5.75 Å². The molecule has 3 aliphatic rings. The molecule has 3 amide bonds. The van der Waals surface area contributed by atoms with E-state index in [4.69, 9.17) is 4.74 Å². The zero-order chi connectivity index (χ0) is 17.6. The third kappa shape index (κ3) is 2.60. The van der Waals surface area contributed by atoms with Crippen molar-refractivity contribution in [3.05, 3.63) is 24.3 Å². The second-order valence-electron chi connectivity index (χ2n) is 7.21. The maximum atomic E-state index is 12.6. The number of imide groups is 1. The number of benzene rings is 1. The lowest BCUT2D eigenvalue weighted by Crippen LogP contribution is -2.35. The van der Waals surface area contributed by atoms with Crippen LogP contribution in [-0.2, 0) is 14.4 Å². The van der Waals surface area contributed by atoms with Crippen LogP contribution in [0.3, 0.4) is 0 Å². The fourth-order valence-corrected chi connectivity index (χ4v) is 4.86. The minimum Gasteiger partial charge on any atom is -0.495 e. The number of fused-ring (bicyclic) bond motifs is 5. The van der Waals surface area contributed by atoms with Gasteiger partial charge in [0.2, 0.25) is 17.7 Å². The van der Waals surface area contributed by atoms with E-state index in [1.54, 1.807) is 19.2 Å². The topological polar surface area (TPSA) is 75.7 Å². The first-order chi connectivity index (χ1) is 12.1. The molecule has 1 aliphatic heterocycles. The van der Waals surface area contributed by atoms with E-state index in [-0.39, 0.29) is 42.5 Å². The second-order valence-corrected chi connectivity index (χ2v) is 7.21. The first-order valence-electron chi connectivity index (χ1n) is 8.88. The Labute approximate surface area is 146 Å². The molecule has 25 heavy (non-hydrogen) atoms. The summed E-state index contributed by atoms with van der Waals surface area (Å²) >= 11 is 0. The van der Waals surface area contributed by atoms with Gasteiger partial charge in [0.15, 0.2) is 0 Å². The highest BCUT2D eigenvalue weighted by molar-refractivity contribution is 6.06. The SMILES string of the molecule is COc1ccccc1NC(=O)CCN1C(=O)[C@@H]2[C@@H]3CC[C@H](C3)[C@@H]2C1=O. The van der Waals surface area contributed by atoms with Crippen LogP contribution in [0, 0.1) is 23.7 Å². The third-order valence-electron chi connectivity index (χ3n) is 5.96. The molecule has 0 radical (unpaired) electrons. The molecule has 6 heteroatoms. The Balaban J connectivity index is 1.38. The summed E-state index contributed by atoms with van der Waals surface area (Å²) < 4.78 is 5.21. The van der Waals surface area contributed by atoms with Crippen molar-refractivity contribution in [1.29, 1.82) is 0 Å². The highest BCUT2D eigenvalue weighted by Gasteiger charge is 2.60. The Morgan fingerprint density at radius 1 is 1.16 bits per heavy atom. The maximum Gasteiger partial charge on any atom is 0.233 e. The molecular formula is C19H22N2O4. The zero-order valence-corrected chi connectivity index (χ0v) is 14.2. The van der Waals surface area contributed by atoms with Gasteiger partial charge in [0.05, 0.1) is 24.6 Å². The van der Waals surface area contributed by atoms with Crippen LogP contribution in [0.4, 0.5) is 5.69 Å². The smallest absolute Gasteiger partial charge is 0.233 e. The summed E-state index contributed by atoms with van der Waals surface area (Å²) in [5.41, 5.74) is 0.587. The van der Waals surface area contributed by atoms with Gasteiger partial charge in [-0.15, -0.1) is 0 Å². The van der Waals surface area contributed by atoms with Crippen LogP contribution in [0.25, 0.3) is 0 Å². The molecule has 2 aliphatic carbocycles. The number of amides is 3. The molecule has 1 N–H and O–H groups in total. The van der Waals surface area contributed by atoms with E-state index < -0.39 is 0 Å². The summed E-state index contributed by atoms with van der Waals surface area (Å²) in [5, 5.41) is 2.78. The van der Waals surface area contributed by atoms with E-state index in [0.29, 0.717) is 23.3 Å². The number of nitrogens with zero attached hydrogens (tertiary/aromatic N) is 1. The van der Waals surface area contributed by atoms with Crippen LogP contribution in [-0.4, -0.2) is 36.3 Å². The molecule has 4 rings (SSSR count). The van der Waals surface area contributed by atoms with Crippen molar-refractivity contribution in [3.63, 3.8) is 0 Å². The van der Waals surface area contributed by atoms with Crippen molar-refractivity contribution < 1.29 is 19.1 Å². The number of carbonyl (C=O) groups is 3. The summed E-state index contributed by atoms with van der Waals surface area (Å²) in [4.78, 5) is 38.8. The van der Waals surface area contributed by atoms with Gasteiger partial charge < -0.3 is 10.1 Å². The molecule has 3 fully saturated rings. The van der Waals surface area contributed by atoms with Gasteiger partial charge in [-0.05, 0) is 43.2 Å². The van der Waals surface area contributed by atoms with Crippen LogP contribution >= 0.6 is 0 Å². The fourth-order valence-electron chi connectivity index (χ4n) is 4.86. The molecule has 132 valence electrons. The van der Waals surface area contributed by atoms with Crippen LogP contribution in [0.15, 0.2) is 24.3 Å². The average molecular weight is 342 g/mol. The monoisotopic (exact) mass is 342 g/mol. The lowest BCUT2D eigenvalue weighted by Gasteiger charge is -2.19. The number of methoxy groups -OCH3 is 1. The predicted molar refractivity (Wildman–Crippen MR) is 90.8 cm³/mol. The maximum absolute atomic E-state index is 12.6. The van der Waals surface area contributed by atoms with Crippen LogP contribution in [0.5, 0.6) is 5.75 Å². The Bertz CT molecular complexity index is 704. The van der Waals surface area contributed by atoms with Gasteiger partial charge >= 0.3 is 0 Å². The summed E-state index contributed by atoms with van der Waals surface area (Å²) in [7, 11) is 1.54. The largest absolute Gasteiger partial charge is 0.495 e. The second kappa shape index (κ2) is 6.17. The molecule has 0 spiro atoms. The zero-order valence-electron chi connectivity index (χ0n) is 14.2. The quantitative estimate of drug-likeness (QED) is 0.831. The van der Waals surface area contributed by atoms with Crippen LogP contribution in [0.2, 0.25) is 0 Å². The van der Waals surface area contributed by atoms with Crippen LogP contribution in [0.1, 0.15) is 25.7 Å². The number of hydrogen-bond acceptors (Lipinski definition) is 4. The first-order valence-corrected chi connectivity index (χ1v) is 8.88. The average Bonchev–Trinajstić information content (AvgIpc) is 3.28. The molecule has 4 atom stereocenters. The van der Waals surface area contributed by atoms with E-state index >= 15 is 0 Å². The Morgan fingerprint density at radius 3 is 2.44 bits per heavy atom. The number of ether oxygens (including phenoxy) is 1. The normalized spacial score (nSPS) is 29.9. The van der Waals surface area contributed by atoms with Crippen molar-refractivity contribution in [2.24, 2.45) is 23.7 Å². The number of para-hydroxylation sites is 2. The minimum atomic E-state index is -0.231. The number of carbonyl (C=O) groups excluding carboxylic acids is 3. The molecule has 6 nitrogen and oxygen atoms in total. The predicted octanol–water partition coefficient (Wildman–Crippen LogP) is 2.05. The van der Waals surface area contributed by atoms with Crippen LogP contribution < -0.4 is 10.1 Å². The van der Waals surface area contributed by atoms with E-state index in [2.05, 4.69) is 5.32 Å². The lowest BCUT2D eigenvalue weighted by atomic mass is 9.81. The number of anilines is 1. The third-order valence-corrected chi connectivity index (χ3v) is 5.96. The number of rotatable bonds is 5. The Hall–Kier alpha value is -2.37. The fraction of sp³-hybridized carbons (Fsp3) is 0.526. The number of likely N-dealkylation sites (tertiary alicyclic amines) is 1. The Morgan fingerprint density at radius 2 is 1.80 bits per heavy atom. The molecule has 2 saturated carbocycles. The lowest BCUT2D eigenvalue weighted by molar-refractivity contribution is -0.140. The molecular weight excluding hydrogens is 320 g/mol. The summed E-state index contributed by atoms with van der Waals surface area (Å²) in [6.07, 6.45) is 3.25. The highest BCUT2D eigenvalue weighted by atomic mass is 16.5. The number of hydrogen-bond donors (Lipinski definition) is 1. The molecule has 2 bridgehead atoms. The van der Waals surface area contributed by atoms with Gasteiger partial charge in [-0.25, -0.2) is 0 Å². The van der Waals surface area contributed by atoms with Gasteiger partial charge in [0.25, 0.3) is 0 Å². The number of nitrogens with one attached hydrogen (secondary N) is 1. The summed E-state index contributed by atoms with van der Waals surface area (Å²) in [6.45, 7) is 0.158. The summed E-state index contributed by atoms with van der Waals surface area (Å²) in [5.74, 6) is 0.727. The Kier molecular flexibility index (Phi) is 3.98. The molecule has 1 saturated heterocycles. The van der Waals surface area contributed by atoms with Crippen molar-refractivity contribution in [2.75, 3.05) is 19.0 Å². The van der Waals surface area contributed by atoms with Gasteiger partial charge in [0.1, 0.15) is 5.75 Å².